The number of anilines is 1. The van der Waals surface area contributed by atoms with Crippen molar-refractivity contribution in [2.24, 2.45) is 0 Å². The molecular formula is C13H14BrN3O3S. The van der Waals surface area contributed by atoms with Gasteiger partial charge in [-0.3, -0.25) is 0 Å². The molecule has 0 radical (unpaired) electrons. The molecule has 0 fully saturated rings. The Morgan fingerprint density at radius 2 is 2.10 bits per heavy atom. The van der Waals surface area contributed by atoms with Gasteiger partial charge in [-0.2, -0.15) is 0 Å². The van der Waals surface area contributed by atoms with Gasteiger partial charge in [0.2, 0.25) is 15.9 Å². The number of nitrogens with zero attached hydrogens (tertiary/aromatic N) is 1. The fourth-order valence-corrected chi connectivity index (χ4v) is 3.77. The van der Waals surface area contributed by atoms with E-state index in [1.807, 2.05) is 0 Å². The lowest BCUT2D eigenvalue weighted by atomic mass is 10.3. The summed E-state index contributed by atoms with van der Waals surface area (Å²) in [5, 5.41) is 0. The minimum atomic E-state index is -3.64. The molecule has 0 aliphatic rings. The molecule has 2 aromatic rings. The molecule has 8 heteroatoms. The lowest BCUT2D eigenvalue weighted by Crippen LogP contribution is -2.23. The first-order chi connectivity index (χ1) is 9.92. The Morgan fingerprint density at radius 1 is 1.33 bits per heavy atom. The van der Waals surface area contributed by atoms with Crippen molar-refractivity contribution in [3.8, 4) is 5.88 Å². The van der Waals surface area contributed by atoms with Crippen molar-refractivity contribution in [2.45, 2.75) is 11.4 Å². The van der Waals surface area contributed by atoms with Gasteiger partial charge < -0.3 is 10.5 Å². The Balaban J connectivity index is 2.17. The third-order valence-corrected chi connectivity index (χ3v) is 5.10. The second kappa shape index (κ2) is 6.42. The topological polar surface area (TPSA) is 94.3 Å². The molecule has 1 aromatic carbocycles. The van der Waals surface area contributed by atoms with Crippen molar-refractivity contribution in [2.75, 3.05) is 12.8 Å². The highest BCUT2D eigenvalue weighted by Crippen LogP contribution is 2.24. The number of ether oxygens (including phenoxy) is 1. The van der Waals surface area contributed by atoms with E-state index in [0.29, 0.717) is 16.0 Å². The molecule has 0 unspecified atom stereocenters. The van der Waals surface area contributed by atoms with E-state index in [2.05, 4.69) is 25.6 Å². The molecule has 21 heavy (non-hydrogen) atoms. The van der Waals surface area contributed by atoms with Gasteiger partial charge in [-0.15, -0.1) is 0 Å². The minimum Gasteiger partial charge on any atom is -0.481 e. The van der Waals surface area contributed by atoms with Crippen LogP contribution in [0.3, 0.4) is 0 Å². The number of hydrogen-bond acceptors (Lipinski definition) is 5. The quantitative estimate of drug-likeness (QED) is 0.782. The second-order valence-electron chi connectivity index (χ2n) is 4.22. The van der Waals surface area contributed by atoms with Crippen LogP contribution >= 0.6 is 15.9 Å². The van der Waals surface area contributed by atoms with Gasteiger partial charge in [0.25, 0.3) is 0 Å². The molecule has 0 aliphatic carbocycles. The predicted molar refractivity (Wildman–Crippen MR) is 83.4 cm³/mol. The number of methoxy groups -OCH3 is 1. The number of rotatable bonds is 5. The molecule has 0 spiro atoms. The third-order valence-electron chi connectivity index (χ3n) is 2.72. The largest absolute Gasteiger partial charge is 0.481 e. The number of nitrogen functional groups attached to an aromatic ring is 1. The molecule has 0 saturated heterocycles. The minimum absolute atomic E-state index is 0.137. The summed E-state index contributed by atoms with van der Waals surface area (Å²) in [6, 6.07) is 7.91. The fraction of sp³-hybridized carbons (Fsp3) is 0.154. The van der Waals surface area contributed by atoms with Crippen molar-refractivity contribution in [1.82, 2.24) is 9.71 Å². The smallest absolute Gasteiger partial charge is 0.241 e. The first-order valence-corrected chi connectivity index (χ1v) is 8.23. The summed E-state index contributed by atoms with van der Waals surface area (Å²) < 4.78 is 32.5. The van der Waals surface area contributed by atoms with Crippen molar-refractivity contribution < 1.29 is 13.2 Å². The number of pyridine rings is 1. The average molecular weight is 372 g/mol. The molecule has 0 aliphatic heterocycles. The van der Waals surface area contributed by atoms with E-state index in [-0.39, 0.29) is 11.4 Å². The lowest BCUT2D eigenvalue weighted by molar-refractivity contribution is 0.397. The Morgan fingerprint density at radius 3 is 2.76 bits per heavy atom. The summed E-state index contributed by atoms with van der Waals surface area (Å²) in [6.45, 7) is 0.137. The second-order valence-corrected chi connectivity index (χ2v) is 6.81. The van der Waals surface area contributed by atoms with Gasteiger partial charge >= 0.3 is 0 Å². The zero-order chi connectivity index (χ0) is 15.5. The number of nitrogens with two attached hydrogens (primary N) is 1. The van der Waals surface area contributed by atoms with Crippen LogP contribution < -0.4 is 15.2 Å². The van der Waals surface area contributed by atoms with Gasteiger partial charge in [-0.05, 0) is 45.8 Å². The lowest BCUT2D eigenvalue weighted by Gasteiger charge is -2.09. The van der Waals surface area contributed by atoms with Crippen LogP contribution in [0.5, 0.6) is 5.88 Å². The van der Waals surface area contributed by atoms with E-state index in [0.717, 1.165) is 5.56 Å². The first kappa shape index (κ1) is 15.7. The number of aromatic nitrogens is 1. The standard InChI is InChI=1S/C13H14BrN3O3S/c1-20-13-6-9(4-5-16-13)8-17-21(18,19)12-3-2-10(15)7-11(12)14/h2-7,17H,8,15H2,1H3. The maximum absolute atomic E-state index is 12.3. The monoisotopic (exact) mass is 371 g/mol. The van der Waals surface area contributed by atoms with E-state index >= 15 is 0 Å². The molecule has 0 atom stereocenters. The average Bonchev–Trinajstić information content (AvgIpc) is 2.45. The van der Waals surface area contributed by atoms with Gasteiger partial charge in [0, 0.05) is 29.0 Å². The maximum atomic E-state index is 12.3. The van der Waals surface area contributed by atoms with Gasteiger partial charge in [-0.25, -0.2) is 18.1 Å². The summed E-state index contributed by atoms with van der Waals surface area (Å²) in [7, 11) is -2.14. The van der Waals surface area contributed by atoms with E-state index in [9.17, 15) is 8.42 Å². The highest BCUT2D eigenvalue weighted by molar-refractivity contribution is 9.10. The molecule has 2 rings (SSSR count). The van der Waals surface area contributed by atoms with Gasteiger partial charge in [0.15, 0.2) is 0 Å². The van der Waals surface area contributed by atoms with Crippen molar-refractivity contribution in [3.05, 3.63) is 46.6 Å². The fourth-order valence-electron chi connectivity index (χ4n) is 1.66. The van der Waals surface area contributed by atoms with E-state index < -0.39 is 10.0 Å². The Bertz CT molecular complexity index is 750. The Labute approximate surface area is 131 Å². The van der Waals surface area contributed by atoms with Gasteiger partial charge in [0.1, 0.15) is 0 Å². The summed E-state index contributed by atoms with van der Waals surface area (Å²) in [5.74, 6) is 0.431. The van der Waals surface area contributed by atoms with Crippen LogP contribution in [0.4, 0.5) is 5.69 Å². The van der Waals surface area contributed by atoms with E-state index in [1.54, 1.807) is 24.4 Å². The van der Waals surface area contributed by atoms with E-state index in [4.69, 9.17) is 10.5 Å². The summed E-state index contributed by atoms with van der Waals surface area (Å²) >= 11 is 3.20. The molecule has 1 heterocycles. The van der Waals surface area contributed by atoms with Crippen LogP contribution in [0.25, 0.3) is 0 Å². The number of nitrogens with one attached hydrogen (secondary N) is 1. The van der Waals surface area contributed by atoms with Crippen LogP contribution in [0.15, 0.2) is 45.9 Å². The highest BCUT2D eigenvalue weighted by Gasteiger charge is 2.17. The molecule has 1 aromatic heterocycles. The zero-order valence-corrected chi connectivity index (χ0v) is 13.6. The van der Waals surface area contributed by atoms with Gasteiger partial charge in [-0.1, -0.05) is 0 Å². The number of halogens is 1. The predicted octanol–water partition coefficient (Wildman–Crippen LogP) is 1.91. The normalized spacial score (nSPS) is 11.3. The van der Waals surface area contributed by atoms with Crippen LogP contribution in [0.1, 0.15) is 5.56 Å². The number of benzene rings is 1. The van der Waals surface area contributed by atoms with Gasteiger partial charge in [0.05, 0.1) is 12.0 Å². The highest BCUT2D eigenvalue weighted by atomic mass is 79.9. The van der Waals surface area contributed by atoms with Crippen molar-refractivity contribution in [1.29, 1.82) is 0 Å². The Kier molecular flexibility index (Phi) is 4.81. The van der Waals surface area contributed by atoms with Crippen LogP contribution in [0.2, 0.25) is 0 Å². The van der Waals surface area contributed by atoms with Crippen molar-refractivity contribution >= 4 is 31.6 Å². The van der Waals surface area contributed by atoms with Crippen LogP contribution in [-0.4, -0.2) is 20.5 Å². The first-order valence-electron chi connectivity index (χ1n) is 5.96. The number of sulfonamides is 1. The summed E-state index contributed by atoms with van der Waals surface area (Å²) in [4.78, 5) is 4.10. The molecule has 0 bridgehead atoms. The molecule has 112 valence electrons. The molecule has 6 nitrogen and oxygen atoms in total. The zero-order valence-electron chi connectivity index (χ0n) is 11.2. The Hall–Kier alpha value is -1.64. The molecule has 3 N–H and O–H groups in total. The summed E-state index contributed by atoms with van der Waals surface area (Å²) in [6.07, 6.45) is 1.56. The van der Waals surface area contributed by atoms with E-state index in [1.165, 1.54) is 19.2 Å². The van der Waals surface area contributed by atoms with Crippen molar-refractivity contribution in [3.63, 3.8) is 0 Å². The molecular weight excluding hydrogens is 358 g/mol. The van der Waals surface area contributed by atoms with Crippen LogP contribution in [0, 0.1) is 0 Å². The summed E-state index contributed by atoms with van der Waals surface area (Å²) in [5.41, 5.74) is 6.83. The maximum Gasteiger partial charge on any atom is 0.241 e. The van der Waals surface area contributed by atoms with Crippen LogP contribution in [-0.2, 0) is 16.6 Å². The third kappa shape index (κ3) is 3.93. The molecule has 0 saturated carbocycles. The SMILES string of the molecule is COc1cc(CNS(=O)(=O)c2ccc(N)cc2Br)ccn1. The number of hydrogen-bond donors (Lipinski definition) is 2. The molecule has 0 amide bonds.